The Kier molecular flexibility index (Phi) is 7.34. The Morgan fingerprint density at radius 3 is 2.00 bits per heavy atom. The van der Waals surface area contributed by atoms with Crippen LogP contribution in [-0.4, -0.2) is 19.5 Å². The topological polar surface area (TPSA) is 27.7 Å². The minimum atomic E-state index is -0.316. The van der Waals surface area contributed by atoms with E-state index in [9.17, 15) is 0 Å². The van der Waals surface area contributed by atoms with Crippen molar-refractivity contribution < 1.29 is 35.4 Å². The standard InChI is InChI=1S/C22H22IO3/c1-18(24-16-17-25-21-10-6-3-7-11-21)26-22-14-12-20(13-15-22)23-19-8-4-2-5-9-19/h2-15,18H,16-17H2,1H3/q-1. The van der Waals surface area contributed by atoms with Crippen LogP contribution in [-0.2, 0) is 4.74 Å². The van der Waals surface area contributed by atoms with Gasteiger partial charge in [-0.3, -0.25) is 0 Å². The second-order valence-electron chi connectivity index (χ2n) is 5.56. The molecular weight excluding hydrogens is 439 g/mol. The van der Waals surface area contributed by atoms with Gasteiger partial charge >= 0.3 is 147 Å². The Bertz CT molecular complexity index is 760. The van der Waals surface area contributed by atoms with E-state index in [1.165, 1.54) is 7.14 Å². The Morgan fingerprint density at radius 1 is 0.692 bits per heavy atom. The van der Waals surface area contributed by atoms with E-state index in [1.807, 2.05) is 49.4 Å². The molecule has 1 atom stereocenters. The van der Waals surface area contributed by atoms with Crippen LogP contribution in [0.3, 0.4) is 0 Å². The molecule has 0 aliphatic heterocycles. The molecule has 0 fully saturated rings. The van der Waals surface area contributed by atoms with Crippen molar-refractivity contribution in [3.05, 3.63) is 92.1 Å². The molecule has 0 bridgehead atoms. The molecule has 136 valence electrons. The van der Waals surface area contributed by atoms with Crippen molar-refractivity contribution >= 4 is 0 Å². The fourth-order valence-corrected chi connectivity index (χ4v) is 4.51. The van der Waals surface area contributed by atoms with Crippen LogP contribution in [0.25, 0.3) is 0 Å². The van der Waals surface area contributed by atoms with Gasteiger partial charge in [0, 0.05) is 0 Å². The van der Waals surface area contributed by atoms with E-state index in [-0.39, 0.29) is 27.5 Å². The summed E-state index contributed by atoms with van der Waals surface area (Å²) in [4.78, 5) is 0. The molecule has 3 nitrogen and oxygen atoms in total. The van der Waals surface area contributed by atoms with Crippen LogP contribution in [0.2, 0.25) is 0 Å². The number of ether oxygens (including phenoxy) is 3. The first-order chi connectivity index (χ1) is 12.8. The van der Waals surface area contributed by atoms with Gasteiger partial charge in [0.2, 0.25) is 0 Å². The molecule has 0 radical (unpaired) electrons. The third-order valence-electron chi connectivity index (χ3n) is 3.51. The average Bonchev–Trinajstić information content (AvgIpc) is 2.68. The molecule has 1 unspecified atom stereocenters. The zero-order chi connectivity index (χ0) is 18.0. The van der Waals surface area contributed by atoms with Crippen molar-refractivity contribution in [2.75, 3.05) is 13.2 Å². The monoisotopic (exact) mass is 461 g/mol. The number of halogens is 1. The van der Waals surface area contributed by atoms with Crippen LogP contribution >= 0.6 is 0 Å². The van der Waals surface area contributed by atoms with Crippen LogP contribution in [0.15, 0.2) is 84.9 Å². The molecule has 0 heterocycles. The maximum atomic E-state index is 5.81. The van der Waals surface area contributed by atoms with Crippen molar-refractivity contribution in [3.63, 3.8) is 0 Å². The Balaban J connectivity index is 1.39. The molecule has 4 heteroatoms. The predicted octanol–water partition coefficient (Wildman–Crippen LogP) is 1.64. The summed E-state index contributed by atoms with van der Waals surface area (Å²) < 4.78 is 19.8. The Morgan fingerprint density at radius 2 is 1.31 bits per heavy atom. The van der Waals surface area contributed by atoms with Crippen LogP contribution in [0.1, 0.15) is 6.92 Å². The van der Waals surface area contributed by atoms with Gasteiger partial charge in [-0.1, -0.05) is 18.2 Å². The zero-order valence-electron chi connectivity index (χ0n) is 14.7. The molecule has 0 aliphatic carbocycles. The molecule has 0 amide bonds. The van der Waals surface area contributed by atoms with E-state index in [0.717, 1.165) is 11.5 Å². The molecule has 0 aliphatic rings. The van der Waals surface area contributed by atoms with Gasteiger partial charge in [0.25, 0.3) is 0 Å². The molecule has 3 aromatic rings. The van der Waals surface area contributed by atoms with Crippen LogP contribution in [0.4, 0.5) is 0 Å². The first kappa shape index (κ1) is 18.7. The molecule has 0 saturated heterocycles. The fraction of sp³-hybridized carbons (Fsp3) is 0.182. The molecule has 26 heavy (non-hydrogen) atoms. The quantitative estimate of drug-likeness (QED) is 0.276. The number of hydrogen-bond acceptors (Lipinski definition) is 3. The predicted molar refractivity (Wildman–Crippen MR) is 98.3 cm³/mol. The van der Waals surface area contributed by atoms with Gasteiger partial charge in [0.05, 0.1) is 0 Å². The summed E-state index contributed by atoms with van der Waals surface area (Å²) in [5, 5.41) is 0. The number of rotatable bonds is 9. The molecule has 0 N–H and O–H groups in total. The summed E-state index contributed by atoms with van der Waals surface area (Å²) in [6.07, 6.45) is -0.316. The average molecular weight is 461 g/mol. The van der Waals surface area contributed by atoms with Crippen molar-refractivity contribution in [1.29, 1.82) is 0 Å². The minimum absolute atomic E-state index is 0.143. The van der Waals surface area contributed by atoms with Gasteiger partial charge in [-0.05, 0) is 0 Å². The fourth-order valence-electron chi connectivity index (χ4n) is 2.30. The molecule has 0 saturated carbocycles. The summed E-state index contributed by atoms with van der Waals surface area (Å²) in [7, 11) is 0. The van der Waals surface area contributed by atoms with Gasteiger partial charge in [-0.2, -0.15) is 0 Å². The summed E-state index contributed by atoms with van der Waals surface area (Å²) in [5.41, 5.74) is 0. The van der Waals surface area contributed by atoms with Crippen LogP contribution in [0.5, 0.6) is 11.5 Å². The second kappa shape index (κ2) is 10.2. The van der Waals surface area contributed by atoms with E-state index in [2.05, 4.69) is 42.5 Å². The van der Waals surface area contributed by atoms with E-state index >= 15 is 0 Å². The van der Waals surface area contributed by atoms with Gasteiger partial charge in [0.1, 0.15) is 0 Å². The van der Waals surface area contributed by atoms with E-state index in [0.29, 0.717) is 13.2 Å². The van der Waals surface area contributed by atoms with E-state index in [1.54, 1.807) is 0 Å². The van der Waals surface area contributed by atoms with Gasteiger partial charge in [-0.15, -0.1) is 0 Å². The van der Waals surface area contributed by atoms with Crippen molar-refractivity contribution in [3.8, 4) is 11.5 Å². The number of para-hydroxylation sites is 1. The van der Waals surface area contributed by atoms with E-state index < -0.39 is 0 Å². The van der Waals surface area contributed by atoms with Crippen molar-refractivity contribution in [2.45, 2.75) is 13.2 Å². The molecule has 3 rings (SSSR count). The summed E-state index contributed by atoms with van der Waals surface area (Å²) >= 11 is -0.143. The van der Waals surface area contributed by atoms with Gasteiger partial charge in [-0.25, -0.2) is 0 Å². The first-order valence-corrected chi connectivity index (χ1v) is 10.7. The van der Waals surface area contributed by atoms with Crippen LogP contribution < -0.4 is 30.7 Å². The zero-order valence-corrected chi connectivity index (χ0v) is 16.8. The third-order valence-corrected chi connectivity index (χ3v) is 6.20. The summed E-state index contributed by atoms with van der Waals surface area (Å²) in [6.45, 7) is 2.87. The van der Waals surface area contributed by atoms with E-state index in [4.69, 9.17) is 14.2 Å². The molecular formula is C22H22IO3-. The van der Waals surface area contributed by atoms with Crippen molar-refractivity contribution in [1.82, 2.24) is 0 Å². The molecule has 3 aromatic carbocycles. The number of benzene rings is 3. The second-order valence-corrected chi connectivity index (χ2v) is 8.59. The molecule has 0 spiro atoms. The Labute approximate surface area is 165 Å². The summed E-state index contributed by atoms with van der Waals surface area (Å²) in [5.74, 6) is 1.67. The SMILES string of the molecule is CC(OCCOc1ccccc1)Oc1ccc([I-]c2ccccc2)cc1. The Hall–Kier alpha value is -2.05. The van der Waals surface area contributed by atoms with Gasteiger partial charge in [0.15, 0.2) is 0 Å². The van der Waals surface area contributed by atoms with Crippen molar-refractivity contribution in [2.24, 2.45) is 0 Å². The first-order valence-electron chi connectivity index (χ1n) is 8.56. The van der Waals surface area contributed by atoms with Crippen LogP contribution in [0, 0.1) is 7.14 Å². The maximum absolute atomic E-state index is 5.81. The van der Waals surface area contributed by atoms with Gasteiger partial charge < -0.3 is 0 Å². The third kappa shape index (κ3) is 6.35. The number of hydrogen-bond donors (Lipinski definition) is 0. The molecule has 0 aromatic heterocycles. The summed E-state index contributed by atoms with van der Waals surface area (Å²) in [6, 6.07) is 28.6. The normalized spacial score (nSPS) is 11.9.